The van der Waals surface area contributed by atoms with E-state index in [1.165, 1.54) is 0 Å². The molecule has 2 amide bonds. The van der Waals surface area contributed by atoms with Crippen molar-refractivity contribution in [3.8, 4) is 17.0 Å². The summed E-state index contributed by atoms with van der Waals surface area (Å²) >= 11 is 0. The fraction of sp³-hybridized carbons (Fsp3) is 0.200. The Bertz CT molecular complexity index is 1160. The molecule has 1 saturated heterocycles. The number of nitrogens with one attached hydrogen (secondary N) is 2. The van der Waals surface area contributed by atoms with Gasteiger partial charge in [-0.25, -0.2) is 4.98 Å². The number of phenols is 1. The summed E-state index contributed by atoms with van der Waals surface area (Å²) in [5.74, 6) is 0.261. The predicted molar refractivity (Wildman–Crippen MR) is 102 cm³/mol. The van der Waals surface area contributed by atoms with E-state index in [4.69, 9.17) is 4.98 Å². The molecular weight excluding hydrogens is 358 g/mol. The third-order valence-electron chi connectivity index (χ3n) is 4.80. The molecule has 3 N–H and O–H groups in total. The van der Waals surface area contributed by atoms with Crippen LogP contribution in [0.1, 0.15) is 24.8 Å². The molecule has 0 atom stereocenters. The van der Waals surface area contributed by atoms with Gasteiger partial charge in [0, 0.05) is 28.8 Å². The SMILES string of the molecule is O=C1C/C(=C\c2cnn3c(NC4CC4)cc(-c4cccc(O)c4)nc23)C(=O)N1. The van der Waals surface area contributed by atoms with Gasteiger partial charge in [0.15, 0.2) is 5.65 Å². The average molecular weight is 375 g/mol. The maximum atomic E-state index is 11.9. The van der Waals surface area contributed by atoms with Crippen LogP contribution in [0.4, 0.5) is 5.82 Å². The summed E-state index contributed by atoms with van der Waals surface area (Å²) in [6.07, 6.45) is 5.55. The lowest BCUT2D eigenvalue weighted by atomic mass is 10.1. The van der Waals surface area contributed by atoms with E-state index in [0.717, 1.165) is 24.2 Å². The standard InChI is InChI=1S/C20H17N5O3/c26-15-3-1-2-11(7-15)16-9-17(22-14-4-5-14)25-19(23-16)13(10-21-25)6-12-8-18(27)24-20(12)28/h1-3,6-7,9-10,14,22,26H,4-5,8H2,(H,24,27,28)/b12-6+. The van der Waals surface area contributed by atoms with Crippen molar-refractivity contribution in [2.45, 2.75) is 25.3 Å². The van der Waals surface area contributed by atoms with Crippen molar-refractivity contribution in [2.75, 3.05) is 5.32 Å². The highest BCUT2D eigenvalue weighted by Crippen LogP contribution is 2.30. The van der Waals surface area contributed by atoms with Crippen LogP contribution in [0.5, 0.6) is 5.75 Å². The van der Waals surface area contributed by atoms with Gasteiger partial charge in [0.05, 0.1) is 18.3 Å². The highest BCUT2D eigenvalue weighted by atomic mass is 16.3. The molecule has 8 nitrogen and oxygen atoms in total. The van der Waals surface area contributed by atoms with E-state index in [2.05, 4.69) is 15.7 Å². The van der Waals surface area contributed by atoms with Crippen LogP contribution in [0.15, 0.2) is 42.1 Å². The predicted octanol–water partition coefficient (Wildman–Crippen LogP) is 2.11. The smallest absolute Gasteiger partial charge is 0.254 e. The van der Waals surface area contributed by atoms with E-state index in [1.54, 1.807) is 35.0 Å². The Morgan fingerprint density at radius 2 is 2.11 bits per heavy atom. The molecule has 1 aliphatic heterocycles. The Labute approximate surface area is 159 Å². The number of aromatic hydroxyl groups is 1. The number of hydrogen-bond acceptors (Lipinski definition) is 6. The monoisotopic (exact) mass is 375 g/mol. The van der Waals surface area contributed by atoms with Gasteiger partial charge in [-0.1, -0.05) is 12.1 Å². The first kappa shape index (κ1) is 16.5. The summed E-state index contributed by atoms with van der Waals surface area (Å²) in [7, 11) is 0. The molecule has 28 heavy (non-hydrogen) atoms. The van der Waals surface area contributed by atoms with Gasteiger partial charge in [-0.05, 0) is 31.1 Å². The molecule has 2 aromatic heterocycles. The van der Waals surface area contributed by atoms with Gasteiger partial charge < -0.3 is 10.4 Å². The Hall–Kier alpha value is -3.68. The molecule has 140 valence electrons. The minimum absolute atomic E-state index is 0.0512. The lowest BCUT2D eigenvalue weighted by molar-refractivity contribution is -0.124. The zero-order chi connectivity index (χ0) is 19.3. The third kappa shape index (κ3) is 2.98. The first-order valence-corrected chi connectivity index (χ1v) is 9.06. The Morgan fingerprint density at radius 3 is 2.82 bits per heavy atom. The van der Waals surface area contributed by atoms with Crippen molar-refractivity contribution in [3.05, 3.63) is 47.7 Å². The van der Waals surface area contributed by atoms with Gasteiger partial charge in [-0.15, -0.1) is 0 Å². The molecule has 5 rings (SSSR count). The van der Waals surface area contributed by atoms with Crippen LogP contribution in [0, 0.1) is 0 Å². The molecule has 0 unspecified atom stereocenters. The summed E-state index contributed by atoms with van der Waals surface area (Å²) in [4.78, 5) is 28.1. The first-order valence-electron chi connectivity index (χ1n) is 9.06. The summed E-state index contributed by atoms with van der Waals surface area (Å²) in [5, 5.41) is 20.0. The number of amides is 2. The molecule has 3 heterocycles. The van der Waals surface area contributed by atoms with Crippen LogP contribution in [-0.4, -0.2) is 37.6 Å². The van der Waals surface area contributed by atoms with Gasteiger partial charge in [0.2, 0.25) is 5.91 Å². The minimum Gasteiger partial charge on any atom is -0.508 e. The zero-order valence-electron chi connectivity index (χ0n) is 14.8. The molecule has 1 aromatic carbocycles. The number of hydrogen-bond donors (Lipinski definition) is 3. The topological polar surface area (TPSA) is 109 Å². The fourth-order valence-corrected chi connectivity index (χ4v) is 3.24. The highest BCUT2D eigenvalue weighted by Gasteiger charge is 2.25. The van der Waals surface area contributed by atoms with E-state index < -0.39 is 0 Å². The molecule has 0 radical (unpaired) electrons. The second-order valence-corrected chi connectivity index (χ2v) is 7.05. The van der Waals surface area contributed by atoms with Gasteiger partial charge >= 0.3 is 0 Å². The molecule has 0 bridgehead atoms. The Balaban J connectivity index is 1.66. The Morgan fingerprint density at radius 1 is 1.25 bits per heavy atom. The number of nitrogens with zero attached hydrogens (tertiary/aromatic N) is 3. The number of rotatable bonds is 4. The lowest BCUT2D eigenvalue weighted by Gasteiger charge is -2.10. The van der Waals surface area contributed by atoms with E-state index in [9.17, 15) is 14.7 Å². The van der Waals surface area contributed by atoms with Crippen molar-refractivity contribution in [1.29, 1.82) is 0 Å². The summed E-state index contributed by atoms with van der Waals surface area (Å²) in [6.45, 7) is 0. The second-order valence-electron chi connectivity index (χ2n) is 7.05. The van der Waals surface area contributed by atoms with E-state index in [0.29, 0.717) is 28.5 Å². The van der Waals surface area contributed by atoms with Gasteiger partial charge in [-0.2, -0.15) is 9.61 Å². The van der Waals surface area contributed by atoms with Crippen molar-refractivity contribution in [1.82, 2.24) is 19.9 Å². The van der Waals surface area contributed by atoms with Gasteiger partial charge in [0.1, 0.15) is 11.6 Å². The quantitative estimate of drug-likeness (QED) is 0.476. The normalized spacial score (nSPS) is 18.1. The molecule has 0 spiro atoms. The van der Waals surface area contributed by atoms with Crippen molar-refractivity contribution in [2.24, 2.45) is 0 Å². The van der Waals surface area contributed by atoms with Crippen LogP contribution in [0.25, 0.3) is 23.0 Å². The Kier molecular flexibility index (Phi) is 3.65. The van der Waals surface area contributed by atoms with Crippen LogP contribution in [0.3, 0.4) is 0 Å². The van der Waals surface area contributed by atoms with E-state index in [-0.39, 0.29) is 24.0 Å². The molecule has 1 saturated carbocycles. The second kappa shape index (κ2) is 6.19. The summed E-state index contributed by atoms with van der Waals surface area (Å²) in [5.41, 5.74) is 3.07. The maximum absolute atomic E-state index is 11.9. The number of carbonyl (C=O) groups excluding carboxylic acids is 2. The largest absolute Gasteiger partial charge is 0.508 e. The van der Waals surface area contributed by atoms with E-state index >= 15 is 0 Å². The molecule has 2 fully saturated rings. The number of phenolic OH excluding ortho intramolecular Hbond substituents is 1. The van der Waals surface area contributed by atoms with Crippen molar-refractivity contribution < 1.29 is 14.7 Å². The molecule has 8 heteroatoms. The van der Waals surface area contributed by atoms with Crippen LogP contribution < -0.4 is 10.6 Å². The number of fused-ring (bicyclic) bond motifs is 1. The molecule has 2 aliphatic rings. The number of anilines is 1. The maximum Gasteiger partial charge on any atom is 0.254 e. The van der Waals surface area contributed by atoms with Gasteiger partial charge in [0.25, 0.3) is 5.91 Å². The average Bonchev–Trinajstić information content (AvgIpc) is 3.30. The van der Waals surface area contributed by atoms with Crippen LogP contribution in [0.2, 0.25) is 0 Å². The molecular formula is C20H17N5O3. The number of imide groups is 1. The van der Waals surface area contributed by atoms with E-state index in [1.807, 2.05) is 12.1 Å². The van der Waals surface area contributed by atoms with Crippen molar-refractivity contribution in [3.63, 3.8) is 0 Å². The number of benzene rings is 1. The summed E-state index contributed by atoms with van der Waals surface area (Å²) < 4.78 is 1.70. The molecule has 1 aliphatic carbocycles. The van der Waals surface area contributed by atoms with Gasteiger partial charge in [-0.3, -0.25) is 14.9 Å². The zero-order valence-corrected chi connectivity index (χ0v) is 14.8. The molecule has 3 aromatic rings. The summed E-state index contributed by atoms with van der Waals surface area (Å²) in [6, 6.07) is 9.20. The van der Waals surface area contributed by atoms with Crippen molar-refractivity contribution >= 4 is 29.4 Å². The van der Waals surface area contributed by atoms with Crippen LogP contribution >= 0.6 is 0 Å². The fourth-order valence-electron chi connectivity index (χ4n) is 3.24. The number of aromatic nitrogens is 3. The minimum atomic E-state index is -0.384. The third-order valence-corrected chi connectivity index (χ3v) is 4.80. The first-order chi connectivity index (χ1) is 13.6. The highest BCUT2D eigenvalue weighted by molar-refractivity contribution is 6.15. The van der Waals surface area contributed by atoms with Crippen LogP contribution in [-0.2, 0) is 9.59 Å². The number of carbonyl (C=O) groups is 2. The lowest BCUT2D eigenvalue weighted by Crippen LogP contribution is -2.19.